The first-order valence-electron chi connectivity index (χ1n) is 7.25. The van der Waals surface area contributed by atoms with Gasteiger partial charge in [-0.2, -0.15) is 5.10 Å². The number of nitrogens with one attached hydrogen (secondary N) is 1. The maximum atomic E-state index is 12.8. The molecule has 6 nitrogen and oxygen atoms in total. The van der Waals surface area contributed by atoms with Gasteiger partial charge >= 0.3 is 0 Å². The van der Waals surface area contributed by atoms with E-state index in [1.54, 1.807) is 12.1 Å². The van der Waals surface area contributed by atoms with Crippen molar-refractivity contribution in [2.75, 3.05) is 0 Å². The monoisotopic (exact) mass is 358 g/mol. The molecule has 0 radical (unpaired) electrons. The van der Waals surface area contributed by atoms with Gasteiger partial charge < -0.3 is 0 Å². The Kier molecular flexibility index (Phi) is 4.85. The van der Waals surface area contributed by atoms with Gasteiger partial charge in [0.15, 0.2) is 0 Å². The first kappa shape index (κ1) is 16.8. The lowest BCUT2D eigenvalue weighted by molar-refractivity contribution is -0.121. The van der Waals surface area contributed by atoms with Crippen molar-refractivity contribution >= 4 is 34.6 Å². The van der Waals surface area contributed by atoms with Crippen molar-refractivity contribution in [1.29, 1.82) is 0 Å². The Hall–Kier alpha value is -3.06. The number of carbonyl (C=O) groups is 1. The van der Waals surface area contributed by atoms with E-state index in [0.717, 1.165) is 0 Å². The molecule has 0 atom stereocenters. The summed E-state index contributed by atoms with van der Waals surface area (Å²) in [6.45, 7) is -0.241. The second-order valence-electron chi connectivity index (χ2n) is 5.18. The second kappa shape index (κ2) is 7.23. The summed E-state index contributed by atoms with van der Waals surface area (Å²) in [4.78, 5) is 28.4. The van der Waals surface area contributed by atoms with Gasteiger partial charge in [-0.15, -0.1) is 0 Å². The standard InChI is InChI=1S/C17H12ClFN4O2/c18-12-3-6-15-14(7-12)17(25)23(10-20-15)9-16(24)22-21-8-11-1-4-13(19)5-2-11/h1-8,10H,9H2,(H,22,24)/b21-8+. The smallest absolute Gasteiger partial charge is 0.261 e. The van der Waals surface area contributed by atoms with Crippen LogP contribution < -0.4 is 11.0 Å². The molecule has 0 saturated carbocycles. The Labute approximate surface area is 146 Å². The van der Waals surface area contributed by atoms with E-state index in [1.165, 1.54) is 47.4 Å². The summed E-state index contributed by atoms with van der Waals surface area (Å²) in [6, 6.07) is 10.4. The molecule has 25 heavy (non-hydrogen) atoms. The lowest BCUT2D eigenvalue weighted by Crippen LogP contribution is -2.30. The summed E-state index contributed by atoms with van der Waals surface area (Å²) in [7, 11) is 0. The number of hydrogen-bond acceptors (Lipinski definition) is 4. The number of nitrogens with zero attached hydrogens (tertiary/aromatic N) is 3. The van der Waals surface area contributed by atoms with Crippen LogP contribution in [-0.2, 0) is 11.3 Å². The zero-order valence-electron chi connectivity index (χ0n) is 12.8. The molecule has 3 aromatic rings. The molecule has 1 heterocycles. The minimum atomic E-state index is -0.497. The highest BCUT2D eigenvalue weighted by molar-refractivity contribution is 6.31. The summed E-state index contributed by atoms with van der Waals surface area (Å²) in [5, 5.41) is 4.52. The van der Waals surface area contributed by atoms with Crippen LogP contribution in [0.3, 0.4) is 0 Å². The lowest BCUT2D eigenvalue weighted by atomic mass is 10.2. The maximum Gasteiger partial charge on any atom is 0.261 e. The molecule has 126 valence electrons. The number of carbonyl (C=O) groups excluding carboxylic acids is 1. The Bertz CT molecular complexity index is 1020. The molecule has 0 saturated heterocycles. The Morgan fingerprint density at radius 1 is 1.28 bits per heavy atom. The molecule has 0 fully saturated rings. The second-order valence-corrected chi connectivity index (χ2v) is 5.62. The third-order valence-electron chi connectivity index (χ3n) is 3.37. The van der Waals surface area contributed by atoms with Crippen LogP contribution in [0.25, 0.3) is 10.9 Å². The van der Waals surface area contributed by atoms with Crippen LogP contribution in [0.2, 0.25) is 5.02 Å². The van der Waals surface area contributed by atoms with Crippen molar-refractivity contribution < 1.29 is 9.18 Å². The van der Waals surface area contributed by atoms with Gasteiger partial charge in [-0.3, -0.25) is 14.2 Å². The van der Waals surface area contributed by atoms with Gasteiger partial charge in [-0.25, -0.2) is 14.8 Å². The molecule has 1 aromatic heterocycles. The van der Waals surface area contributed by atoms with Crippen LogP contribution in [-0.4, -0.2) is 21.7 Å². The van der Waals surface area contributed by atoms with Gasteiger partial charge in [-0.05, 0) is 35.9 Å². The van der Waals surface area contributed by atoms with Gasteiger partial charge in [-0.1, -0.05) is 23.7 Å². The van der Waals surface area contributed by atoms with E-state index in [9.17, 15) is 14.0 Å². The average molecular weight is 359 g/mol. The topological polar surface area (TPSA) is 76.3 Å². The fourth-order valence-corrected chi connectivity index (χ4v) is 2.33. The summed E-state index contributed by atoms with van der Waals surface area (Å²) in [6.07, 6.45) is 2.67. The molecule has 0 aliphatic carbocycles. The molecule has 0 bridgehead atoms. The Morgan fingerprint density at radius 3 is 2.80 bits per heavy atom. The number of amides is 1. The summed E-state index contributed by atoms with van der Waals surface area (Å²) < 4.78 is 14.0. The average Bonchev–Trinajstić information content (AvgIpc) is 2.60. The predicted molar refractivity (Wildman–Crippen MR) is 93.1 cm³/mol. The van der Waals surface area contributed by atoms with Crippen molar-refractivity contribution in [2.45, 2.75) is 6.54 Å². The van der Waals surface area contributed by atoms with Crippen LogP contribution in [0.15, 0.2) is 58.7 Å². The first-order chi connectivity index (χ1) is 12.0. The van der Waals surface area contributed by atoms with Crippen LogP contribution in [0.1, 0.15) is 5.56 Å². The normalized spacial score (nSPS) is 11.1. The number of hydrogen-bond donors (Lipinski definition) is 1. The third kappa shape index (κ3) is 4.07. The van der Waals surface area contributed by atoms with E-state index in [4.69, 9.17) is 11.6 Å². The molecular weight excluding hydrogens is 347 g/mol. The van der Waals surface area contributed by atoms with E-state index < -0.39 is 5.91 Å². The highest BCUT2D eigenvalue weighted by atomic mass is 35.5. The van der Waals surface area contributed by atoms with E-state index >= 15 is 0 Å². The van der Waals surface area contributed by atoms with Crippen LogP contribution in [0.5, 0.6) is 0 Å². The highest BCUT2D eigenvalue weighted by Crippen LogP contribution is 2.13. The molecule has 8 heteroatoms. The predicted octanol–water partition coefficient (Wildman–Crippen LogP) is 2.34. The number of rotatable bonds is 4. The largest absolute Gasteiger partial charge is 0.289 e. The zero-order valence-corrected chi connectivity index (χ0v) is 13.6. The van der Waals surface area contributed by atoms with E-state index in [-0.39, 0.29) is 17.9 Å². The van der Waals surface area contributed by atoms with Crippen LogP contribution >= 0.6 is 11.6 Å². The van der Waals surface area contributed by atoms with E-state index in [0.29, 0.717) is 21.5 Å². The number of hydrazone groups is 1. The summed E-state index contributed by atoms with van der Waals surface area (Å²) in [5.41, 5.74) is 3.06. The Morgan fingerprint density at radius 2 is 2.04 bits per heavy atom. The number of fused-ring (bicyclic) bond motifs is 1. The minimum absolute atomic E-state index is 0.241. The third-order valence-corrected chi connectivity index (χ3v) is 3.61. The lowest BCUT2D eigenvalue weighted by Gasteiger charge is -2.05. The van der Waals surface area contributed by atoms with Gasteiger partial charge in [0.2, 0.25) is 0 Å². The summed E-state index contributed by atoms with van der Waals surface area (Å²) in [5.74, 6) is -0.854. The SMILES string of the molecule is O=C(Cn1cnc2ccc(Cl)cc2c1=O)N/N=C/c1ccc(F)cc1. The molecule has 3 rings (SSSR count). The number of halogens is 2. The molecular formula is C17H12ClFN4O2. The molecule has 0 aliphatic rings. The van der Waals surface area contributed by atoms with Gasteiger partial charge in [0.25, 0.3) is 11.5 Å². The minimum Gasteiger partial charge on any atom is -0.289 e. The molecule has 1 amide bonds. The number of benzene rings is 2. The zero-order chi connectivity index (χ0) is 17.8. The van der Waals surface area contributed by atoms with E-state index in [2.05, 4.69) is 15.5 Å². The molecule has 1 N–H and O–H groups in total. The van der Waals surface area contributed by atoms with Gasteiger partial charge in [0.1, 0.15) is 12.4 Å². The van der Waals surface area contributed by atoms with Crippen LogP contribution in [0, 0.1) is 5.82 Å². The van der Waals surface area contributed by atoms with Gasteiger partial charge in [0, 0.05) is 5.02 Å². The van der Waals surface area contributed by atoms with Crippen molar-refractivity contribution in [2.24, 2.45) is 5.10 Å². The van der Waals surface area contributed by atoms with Crippen molar-refractivity contribution in [3.63, 3.8) is 0 Å². The Balaban J connectivity index is 1.70. The molecule has 0 aliphatic heterocycles. The quantitative estimate of drug-likeness (QED) is 0.574. The molecule has 0 spiro atoms. The number of aromatic nitrogens is 2. The molecule has 2 aromatic carbocycles. The van der Waals surface area contributed by atoms with Crippen molar-refractivity contribution in [1.82, 2.24) is 15.0 Å². The fraction of sp³-hybridized carbons (Fsp3) is 0.0588. The van der Waals surface area contributed by atoms with Crippen molar-refractivity contribution in [3.8, 4) is 0 Å². The molecule has 0 unspecified atom stereocenters. The first-order valence-corrected chi connectivity index (χ1v) is 7.63. The highest BCUT2D eigenvalue weighted by Gasteiger charge is 2.08. The van der Waals surface area contributed by atoms with Gasteiger partial charge in [0.05, 0.1) is 23.4 Å². The van der Waals surface area contributed by atoms with E-state index in [1.807, 2.05) is 0 Å². The summed E-state index contributed by atoms with van der Waals surface area (Å²) >= 11 is 5.89. The maximum absolute atomic E-state index is 12.8. The van der Waals surface area contributed by atoms with Crippen LogP contribution in [0.4, 0.5) is 4.39 Å². The fourth-order valence-electron chi connectivity index (χ4n) is 2.16. The van der Waals surface area contributed by atoms with Crippen molar-refractivity contribution in [3.05, 3.63) is 75.5 Å².